The van der Waals surface area contributed by atoms with E-state index in [0.717, 1.165) is 28.5 Å². The number of hydrogen-bond acceptors (Lipinski definition) is 3. The molecule has 0 unspecified atom stereocenters. The molecule has 2 N–H and O–H groups in total. The van der Waals surface area contributed by atoms with Crippen LogP contribution >= 0.6 is 0 Å². The molecule has 4 nitrogen and oxygen atoms in total. The summed E-state index contributed by atoms with van der Waals surface area (Å²) < 4.78 is 5.48. The molecular weight excluding hydrogens is 214 g/mol. The van der Waals surface area contributed by atoms with Crippen molar-refractivity contribution in [3.05, 3.63) is 47.9 Å². The highest BCUT2D eigenvalue weighted by Gasteiger charge is 2.02. The van der Waals surface area contributed by atoms with E-state index in [1.54, 1.807) is 0 Å². The van der Waals surface area contributed by atoms with E-state index in [2.05, 4.69) is 15.3 Å². The molecule has 0 fully saturated rings. The Labute approximate surface area is 98.7 Å². The Morgan fingerprint density at radius 3 is 2.88 bits per heavy atom. The lowest BCUT2D eigenvalue weighted by Crippen LogP contribution is -1.99. The van der Waals surface area contributed by atoms with Crippen LogP contribution in [0.1, 0.15) is 11.5 Å². The topological polar surface area (TPSA) is 53.9 Å². The summed E-state index contributed by atoms with van der Waals surface area (Å²) in [7, 11) is 0. The van der Waals surface area contributed by atoms with E-state index >= 15 is 0 Å². The zero-order chi connectivity index (χ0) is 11.7. The highest BCUT2D eigenvalue weighted by molar-refractivity contribution is 5.77. The molecule has 0 spiro atoms. The number of benzene rings is 1. The molecule has 0 aliphatic carbocycles. The van der Waals surface area contributed by atoms with E-state index in [4.69, 9.17) is 4.42 Å². The molecule has 0 aliphatic rings. The van der Waals surface area contributed by atoms with E-state index in [0.29, 0.717) is 6.54 Å². The van der Waals surface area contributed by atoms with Crippen molar-refractivity contribution >= 4 is 17.0 Å². The first-order valence-electron chi connectivity index (χ1n) is 5.55. The molecule has 0 saturated carbocycles. The van der Waals surface area contributed by atoms with Crippen molar-refractivity contribution in [3.63, 3.8) is 0 Å². The molecule has 4 heteroatoms. The second-order valence-corrected chi connectivity index (χ2v) is 3.97. The van der Waals surface area contributed by atoms with Crippen LogP contribution in [0.2, 0.25) is 0 Å². The number of nitrogens with one attached hydrogen (secondary N) is 2. The second-order valence-electron chi connectivity index (χ2n) is 3.97. The van der Waals surface area contributed by atoms with Crippen molar-refractivity contribution in [2.75, 3.05) is 5.32 Å². The highest BCUT2D eigenvalue weighted by atomic mass is 16.3. The van der Waals surface area contributed by atoms with Gasteiger partial charge in [-0.05, 0) is 31.2 Å². The molecule has 0 atom stereocenters. The fraction of sp³-hybridized carbons (Fsp3) is 0.154. The third-order valence-electron chi connectivity index (χ3n) is 2.62. The molecule has 0 bridgehead atoms. The summed E-state index contributed by atoms with van der Waals surface area (Å²) in [5, 5.41) is 3.20. The van der Waals surface area contributed by atoms with Crippen LogP contribution in [0.15, 0.2) is 40.8 Å². The van der Waals surface area contributed by atoms with Crippen molar-refractivity contribution in [3.8, 4) is 0 Å². The van der Waals surface area contributed by atoms with Crippen molar-refractivity contribution in [2.24, 2.45) is 0 Å². The van der Waals surface area contributed by atoms with Gasteiger partial charge < -0.3 is 14.7 Å². The number of aryl methyl sites for hydroxylation is 1. The Hall–Kier alpha value is -2.23. The number of furan rings is 1. The van der Waals surface area contributed by atoms with Gasteiger partial charge in [0.25, 0.3) is 0 Å². The molecule has 1 aromatic carbocycles. The maximum Gasteiger partial charge on any atom is 0.201 e. The largest absolute Gasteiger partial charge is 0.465 e. The molecule has 2 aromatic heterocycles. The first-order chi connectivity index (χ1) is 8.31. The van der Waals surface area contributed by atoms with Crippen molar-refractivity contribution in [2.45, 2.75) is 13.5 Å². The molecule has 0 saturated heterocycles. The normalized spacial score (nSPS) is 10.9. The molecule has 86 valence electrons. The average Bonchev–Trinajstić information content (AvgIpc) is 2.91. The van der Waals surface area contributed by atoms with Gasteiger partial charge in [0.2, 0.25) is 5.95 Å². The van der Waals surface area contributed by atoms with Crippen LogP contribution in [-0.2, 0) is 6.54 Å². The molecule has 0 amide bonds. The van der Waals surface area contributed by atoms with Gasteiger partial charge in [-0.1, -0.05) is 12.1 Å². The van der Waals surface area contributed by atoms with Gasteiger partial charge in [-0.25, -0.2) is 4.98 Å². The van der Waals surface area contributed by atoms with Crippen LogP contribution in [0.4, 0.5) is 5.95 Å². The van der Waals surface area contributed by atoms with Crippen LogP contribution in [0.25, 0.3) is 11.0 Å². The standard InChI is InChI=1S/C13H13N3O/c1-9-6-7-10(17-9)8-14-13-15-11-4-2-3-5-12(11)16-13/h2-7H,8H2,1H3,(H2,14,15,16). The monoisotopic (exact) mass is 227 g/mol. The van der Waals surface area contributed by atoms with E-state index < -0.39 is 0 Å². The maximum atomic E-state index is 5.48. The summed E-state index contributed by atoms with van der Waals surface area (Å²) in [6, 6.07) is 11.9. The summed E-state index contributed by atoms with van der Waals surface area (Å²) >= 11 is 0. The molecule has 17 heavy (non-hydrogen) atoms. The van der Waals surface area contributed by atoms with Crippen LogP contribution in [0.3, 0.4) is 0 Å². The summed E-state index contributed by atoms with van der Waals surface area (Å²) in [4.78, 5) is 7.63. The Kier molecular flexibility index (Phi) is 2.33. The third-order valence-corrected chi connectivity index (χ3v) is 2.62. The van der Waals surface area contributed by atoms with Gasteiger partial charge in [-0.15, -0.1) is 0 Å². The summed E-state index contributed by atoms with van der Waals surface area (Å²) in [6.45, 7) is 2.57. The summed E-state index contributed by atoms with van der Waals surface area (Å²) in [6.07, 6.45) is 0. The molecule has 0 aliphatic heterocycles. The summed E-state index contributed by atoms with van der Waals surface area (Å²) in [5.41, 5.74) is 2.00. The highest BCUT2D eigenvalue weighted by Crippen LogP contribution is 2.14. The van der Waals surface area contributed by atoms with E-state index in [-0.39, 0.29) is 0 Å². The minimum Gasteiger partial charge on any atom is -0.465 e. The summed E-state index contributed by atoms with van der Waals surface area (Å²) in [5.74, 6) is 2.59. The van der Waals surface area contributed by atoms with Gasteiger partial charge in [0.15, 0.2) is 0 Å². The van der Waals surface area contributed by atoms with Gasteiger partial charge in [0.1, 0.15) is 11.5 Å². The number of H-pyrrole nitrogens is 1. The van der Waals surface area contributed by atoms with Crippen LogP contribution in [0, 0.1) is 6.92 Å². The number of aromatic amines is 1. The van der Waals surface area contributed by atoms with E-state index in [1.165, 1.54) is 0 Å². The van der Waals surface area contributed by atoms with E-state index in [9.17, 15) is 0 Å². The molecule has 2 heterocycles. The van der Waals surface area contributed by atoms with Gasteiger partial charge in [0.05, 0.1) is 17.6 Å². The SMILES string of the molecule is Cc1ccc(CNc2nc3ccccc3[nH]2)o1. The molecular formula is C13H13N3O. The lowest BCUT2D eigenvalue weighted by molar-refractivity contribution is 0.490. The number of fused-ring (bicyclic) bond motifs is 1. The van der Waals surface area contributed by atoms with Crippen LogP contribution in [0.5, 0.6) is 0 Å². The van der Waals surface area contributed by atoms with Gasteiger partial charge in [-0.3, -0.25) is 0 Å². The van der Waals surface area contributed by atoms with Gasteiger partial charge >= 0.3 is 0 Å². The number of para-hydroxylation sites is 2. The zero-order valence-corrected chi connectivity index (χ0v) is 9.53. The minimum absolute atomic E-state index is 0.633. The predicted molar refractivity (Wildman–Crippen MR) is 66.9 cm³/mol. The first-order valence-corrected chi connectivity index (χ1v) is 5.55. The Morgan fingerprint density at radius 1 is 1.24 bits per heavy atom. The Morgan fingerprint density at radius 2 is 2.12 bits per heavy atom. The van der Waals surface area contributed by atoms with Gasteiger partial charge in [0, 0.05) is 0 Å². The lowest BCUT2D eigenvalue weighted by atomic mass is 10.3. The van der Waals surface area contributed by atoms with E-state index in [1.807, 2.05) is 43.3 Å². The molecule has 0 radical (unpaired) electrons. The van der Waals surface area contributed by atoms with Gasteiger partial charge in [-0.2, -0.15) is 0 Å². The Balaban J connectivity index is 1.76. The fourth-order valence-corrected chi connectivity index (χ4v) is 1.79. The van der Waals surface area contributed by atoms with Crippen LogP contribution in [-0.4, -0.2) is 9.97 Å². The second kappa shape index (κ2) is 3.97. The average molecular weight is 227 g/mol. The predicted octanol–water partition coefficient (Wildman–Crippen LogP) is 3.08. The third kappa shape index (κ3) is 2.01. The number of imidazole rings is 1. The number of aromatic nitrogens is 2. The maximum absolute atomic E-state index is 5.48. The minimum atomic E-state index is 0.633. The van der Waals surface area contributed by atoms with Crippen LogP contribution < -0.4 is 5.32 Å². The molecule has 3 rings (SSSR count). The van der Waals surface area contributed by atoms with Crippen molar-refractivity contribution < 1.29 is 4.42 Å². The number of rotatable bonds is 3. The quantitative estimate of drug-likeness (QED) is 0.723. The van der Waals surface area contributed by atoms with Crippen molar-refractivity contribution in [1.82, 2.24) is 9.97 Å². The number of anilines is 1. The fourth-order valence-electron chi connectivity index (χ4n) is 1.79. The zero-order valence-electron chi connectivity index (χ0n) is 9.53. The molecule has 3 aromatic rings. The Bertz CT molecular complexity index is 606. The number of nitrogens with zero attached hydrogens (tertiary/aromatic N) is 1. The lowest BCUT2D eigenvalue weighted by Gasteiger charge is -1.98. The van der Waals surface area contributed by atoms with Crippen molar-refractivity contribution in [1.29, 1.82) is 0 Å². The smallest absolute Gasteiger partial charge is 0.201 e. The first kappa shape index (κ1) is 9.96. The number of hydrogen-bond donors (Lipinski definition) is 2.